The lowest BCUT2D eigenvalue weighted by Gasteiger charge is -2.07. The van der Waals surface area contributed by atoms with Gasteiger partial charge in [-0.3, -0.25) is 10.1 Å². The van der Waals surface area contributed by atoms with Crippen molar-refractivity contribution in [3.05, 3.63) is 35.9 Å². The molecule has 1 aromatic carbocycles. The highest BCUT2D eigenvalue weighted by molar-refractivity contribution is 5.79. The molecule has 5 nitrogen and oxygen atoms in total. The second-order valence-corrected chi connectivity index (χ2v) is 4.38. The molecule has 0 aliphatic rings. The van der Waals surface area contributed by atoms with Crippen LogP contribution in [0.4, 0.5) is 0 Å². The molecule has 1 N–H and O–H groups in total. The van der Waals surface area contributed by atoms with Crippen molar-refractivity contribution < 1.29 is 19.1 Å². The number of rotatable bonds is 5. The molecule has 5 heteroatoms. The average molecular weight is 319 g/mol. The van der Waals surface area contributed by atoms with Gasteiger partial charge >= 0.3 is 11.9 Å². The Labute approximate surface area is 138 Å². The van der Waals surface area contributed by atoms with E-state index in [1.165, 1.54) is 6.92 Å². The number of likely N-dealkylation sites (N-methyl/N-ethyl adjacent to an activating group) is 1. The van der Waals surface area contributed by atoms with Gasteiger partial charge in [-0.25, -0.2) is 4.79 Å². The van der Waals surface area contributed by atoms with Gasteiger partial charge in [0.1, 0.15) is 0 Å². The Hall–Kier alpha value is -2.32. The van der Waals surface area contributed by atoms with Crippen LogP contribution in [0.25, 0.3) is 0 Å². The molecule has 0 saturated carbocycles. The lowest BCUT2D eigenvalue weighted by atomic mass is 10.1. The Morgan fingerprint density at radius 1 is 1.13 bits per heavy atom. The van der Waals surface area contributed by atoms with Crippen molar-refractivity contribution >= 4 is 11.9 Å². The first-order valence-electron chi connectivity index (χ1n) is 7.54. The van der Waals surface area contributed by atoms with Crippen molar-refractivity contribution in [3.63, 3.8) is 0 Å². The monoisotopic (exact) mass is 319 g/mol. The van der Waals surface area contributed by atoms with E-state index in [9.17, 15) is 9.59 Å². The zero-order valence-electron chi connectivity index (χ0n) is 14.2. The molecule has 0 heterocycles. The van der Waals surface area contributed by atoms with Gasteiger partial charge in [0.05, 0.1) is 13.2 Å². The van der Waals surface area contributed by atoms with Crippen molar-refractivity contribution in [1.29, 1.82) is 0 Å². The number of carbonyl (C=O) groups excluding carboxylic acids is 2. The number of hydrogen-bond donors (Lipinski definition) is 1. The van der Waals surface area contributed by atoms with E-state index in [2.05, 4.69) is 21.9 Å². The normalized spacial score (nSPS) is 10.3. The van der Waals surface area contributed by atoms with E-state index in [1.54, 1.807) is 20.9 Å². The van der Waals surface area contributed by atoms with Crippen LogP contribution in [0.15, 0.2) is 30.3 Å². The Bertz CT molecular complexity index is 517. The summed E-state index contributed by atoms with van der Waals surface area (Å²) in [4.78, 5) is 21.3. The summed E-state index contributed by atoms with van der Waals surface area (Å²) in [6.07, 6.45) is 0.637. The summed E-state index contributed by atoms with van der Waals surface area (Å²) < 4.78 is 9.30. The summed E-state index contributed by atoms with van der Waals surface area (Å²) in [7, 11) is 1.69. The van der Waals surface area contributed by atoms with E-state index >= 15 is 0 Å². The molecule has 0 aliphatic heterocycles. The number of nitrogens with one attached hydrogen (secondary N) is 1. The third kappa shape index (κ3) is 11.0. The Kier molecular flexibility index (Phi) is 12.0. The fourth-order valence-electron chi connectivity index (χ4n) is 1.53. The Balaban J connectivity index is 0.000000688. The van der Waals surface area contributed by atoms with Crippen LogP contribution in [-0.2, 0) is 25.5 Å². The Morgan fingerprint density at radius 3 is 2.17 bits per heavy atom. The zero-order valence-corrected chi connectivity index (χ0v) is 14.2. The van der Waals surface area contributed by atoms with Crippen LogP contribution in [-0.4, -0.2) is 38.2 Å². The highest BCUT2D eigenvalue weighted by atomic mass is 16.5. The molecule has 0 amide bonds. The first kappa shape index (κ1) is 20.7. The summed E-state index contributed by atoms with van der Waals surface area (Å²) in [6.45, 7) is 5.81. The predicted molar refractivity (Wildman–Crippen MR) is 89.7 cm³/mol. The molecule has 1 atom stereocenters. The molecule has 23 heavy (non-hydrogen) atoms. The van der Waals surface area contributed by atoms with Crippen LogP contribution in [0.3, 0.4) is 0 Å². The van der Waals surface area contributed by atoms with Gasteiger partial charge in [0.15, 0.2) is 6.04 Å². The molecule has 0 aromatic heterocycles. The van der Waals surface area contributed by atoms with Crippen molar-refractivity contribution in [3.8, 4) is 11.8 Å². The van der Waals surface area contributed by atoms with Gasteiger partial charge < -0.3 is 9.47 Å². The highest BCUT2D eigenvalue weighted by Crippen LogP contribution is 1.98. The van der Waals surface area contributed by atoms with E-state index in [-0.39, 0.29) is 11.9 Å². The Morgan fingerprint density at radius 2 is 1.74 bits per heavy atom. The first-order chi connectivity index (χ1) is 11.0. The van der Waals surface area contributed by atoms with Gasteiger partial charge in [-0.1, -0.05) is 42.2 Å². The lowest BCUT2D eigenvalue weighted by Crippen LogP contribution is -2.34. The zero-order chi connectivity index (χ0) is 17.5. The van der Waals surface area contributed by atoms with Crippen LogP contribution >= 0.6 is 0 Å². The maximum atomic E-state index is 11.4. The smallest absolute Gasteiger partial charge is 0.335 e. The van der Waals surface area contributed by atoms with Gasteiger partial charge in [-0.2, -0.15) is 0 Å². The summed E-state index contributed by atoms with van der Waals surface area (Å²) in [5.74, 6) is 5.31. The standard InChI is InChI=1S/C14H17NO2.C4H8O2/c1-3-17-14(16)13(15-2)11-7-10-12-8-5-4-6-9-12;1-3-6-4(2)5/h4-6,8-9,13,15H,3,10H2,1-2H3;3H2,1-2H3/t13-;/m0./s1. The van der Waals surface area contributed by atoms with Crippen LogP contribution in [0.5, 0.6) is 0 Å². The maximum Gasteiger partial charge on any atom is 0.335 e. The number of benzene rings is 1. The second kappa shape index (κ2) is 13.4. The molecule has 0 aliphatic carbocycles. The topological polar surface area (TPSA) is 64.6 Å². The summed E-state index contributed by atoms with van der Waals surface area (Å²) in [5.41, 5.74) is 1.14. The van der Waals surface area contributed by atoms with Crippen LogP contribution < -0.4 is 5.32 Å². The molecule has 126 valence electrons. The average Bonchev–Trinajstić information content (AvgIpc) is 2.53. The molecule has 0 fully saturated rings. The van der Waals surface area contributed by atoms with Gasteiger partial charge in [0, 0.05) is 13.3 Å². The molecule has 1 aromatic rings. The lowest BCUT2D eigenvalue weighted by molar-refractivity contribution is -0.144. The quantitative estimate of drug-likeness (QED) is 0.664. The fraction of sp³-hybridized carbons (Fsp3) is 0.444. The summed E-state index contributed by atoms with van der Waals surface area (Å²) >= 11 is 0. The molecule has 0 saturated heterocycles. The predicted octanol–water partition coefficient (Wildman–Crippen LogP) is 1.95. The van der Waals surface area contributed by atoms with Crippen LogP contribution in [0.2, 0.25) is 0 Å². The molecule has 0 radical (unpaired) electrons. The second-order valence-electron chi connectivity index (χ2n) is 4.38. The minimum absolute atomic E-state index is 0.211. The van der Waals surface area contributed by atoms with Gasteiger partial charge in [0.2, 0.25) is 0 Å². The third-order valence-corrected chi connectivity index (χ3v) is 2.54. The number of hydrogen-bond acceptors (Lipinski definition) is 5. The molecule has 0 unspecified atom stereocenters. The van der Waals surface area contributed by atoms with Crippen molar-refractivity contribution in [1.82, 2.24) is 5.32 Å². The minimum atomic E-state index is -0.543. The van der Waals surface area contributed by atoms with E-state index in [0.29, 0.717) is 19.6 Å². The number of ether oxygens (including phenoxy) is 2. The summed E-state index contributed by atoms with van der Waals surface area (Å²) in [6, 6.07) is 9.38. The molecule has 1 rings (SSSR count). The first-order valence-corrected chi connectivity index (χ1v) is 7.54. The van der Waals surface area contributed by atoms with Crippen LogP contribution in [0, 0.1) is 11.8 Å². The third-order valence-electron chi connectivity index (χ3n) is 2.54. The molecule has 0 bridgehead atoms. The minimum Gasteiger partial charge on any atom is -0.466 e. The van der Waals surface area contributed by atoms with E-state index in [0.717, 1.165) is 5.56 Å². The largest absolute Gasteiger partial charge is 0.466 e. The van der Waals surface area contributed by atoms with E-state index in [1.807, 2.05) is 30.3 Å². The SMILES string of the molecule is CCOC(=O)[C@H](C#CCc1ccccc1)NC.CCOC(C)=O. The van der Waals surface area contributed by atoms with Crippen molar-refractivity contribution in [2.75, 3.05) is 20.3 Å². The van der Waals surface area contributed by atoms with Gasteiger partial charge in [-0.15, -0.1) is 0 Å². The van der Waals surface area contributed by atoms with Crippen LogP contribution in [0.1, 0.15) is 26.3 Å². The maximum absolute atomic E-state index is 11.4. The van der Waals surface area contributed by atoms with Gasteiger partial charge in [0.25, 0.3) is 0 Å². The van der Waals surface area contributed by atoms with Crippen molar-refractivity contribution in [2.24, 2.45) is 0 Å². The van der Waals surface area contributed by atoms with Crippen molar-refractivity contribution in [2.45, 2.75) is 33.2 Å². The molecule has 0 spiro atoms. The summed E-state index contributed by atoms with van der Waals surface area (Å²) in [5, 5.41) is 2.82. The number of carbonyl (C=O) groups is 2. The molecular weight excluding hydrogens is 294 g/mol. The van der Waals surface area contributed by atoms with Gasteiger partial charge in [-0.05, 0) is 26.5 Å². The van der Waals surface area contributed by atoms with E-state index in [4.69, 9.17) is 4.74 Å². The van der Waals surface area contributed by atoms with E-state index < -0.39 is 6.04 Å². The highest BCUT2D eigenvalue weighted by Gasteiger charge is 2.13. The fourth-order valence-corrected chi connectivity index (χ4v) is 1.53. The molecular formula is C18H25NO4. The number of esters is 2.